The molecule has 0 unspecified atom stereocenters. The van der Waals surface area contributed by atoms with E-state index in [4.69, 9.17) is 23.7 Å². The zero-order chi connectivity index (χ0) is 52.1. The van der Waals surface area contributed by atoms with Crippen LogP contribution in [0.1, 0.15) is 117 Å². The molecule has 0 spiro atoms. The maximum Gasteiger partial charge on any atom is 0.341 e. The van der Waals surface area contributed by atoms with Gasteiger partial charge in [0.25, 0.3) is 23.6 Å². The zero-order valence-electron chi connectivity index (χ0n) is 39.2. The van der Waals surface area contributed by atoms with Crippen LogP contribution in [0.3, 0.4) is 0 Å². The topological polar surface area (TPSA) is 233 Å². The Labute approximate surface area is 414 Å². The molecular formula is C55H40N2O16. The lowest BCUT2D eigenvalue weighted by atomic mass is 10.0. The number of esters is 6. The number of methoxy groups -OCH3 is 2. The molecule has 0 atom stereocenters. The highest BCUT2D eigenvalue weighted by Gasteiger charge is 2.40. The summed E-state index contributed by atoms with van der Waals surface area (Å²) in [5.41, 5.74) is 1.95. The third-order valence-electron chi connectivity index (χ3n) is 11.5. The Bertz CT molecular complexity index is 3490. The van der Waals surface area contributed by atoms with Gasteiger partial charge in [0, 0.05) is 0 Å². The third-order valence-corrected chi connectivity index (χ3v) is 11.5. The molecule has 7 aromatic carbocycles. The first-order valence-electron chi connectivity index (χ1n) is 22.2. The normalized spacial score (nSPS) is 12.4. The van der Waals surface area contributed by atoms with Crippen molar-refractivity contribution in [3.63, 3.8) is 0 Å². The van der Waals surface area contributed by atoms with Gasteiger partial charge in [0.05, 0.1) is 94.4 Å². The van der Waals surface area contributed by atoms with E-state index >= 15 is 0 Å². The molecule has 0 fully saturated rings. The second-order valence-electron chi connectivity index (χ2n) is 15.9. The molecule has 366 valence electrons. The number of hydrogen-bond donors (Lipinski definition) is 0. The van der Waals surface area contributed by atoms with E-state index in [-0.39, 0.29) is 68.9 Å². The van der Waals surface area contributed by atoms with Gasteiger partial charge < -0.3 is 28.4 Å². The maximum absolute atomic E-state index is 13.4. The van der Waals surface area contributed by atoms with Crippen molar-refractivity contribution < 1.29 is 76.4 Å². The van der Waals surface area contributed by atoms with Crippen LogP contribution < -0.4 is 9.80 Å². The van der Waals surface area contributed by atoms with Gasteiger partial charge in [-0.15, -0.1) is 0 Å². The molecule has 18 nitrogen and oxygen atoms in total. The van der Waals surface area contributed by atoms with Crippen LogP contribution in [-0.2, 0) is 28.4 Å². The van der Waals surface area contributed by atoms with E-state index in [1.807, 2.05) is 0 Å². The minimum absolute atomic E-state index is 0.0276. The van der Waals surface area contributed by atoms with Crippen molar-refractivity contribution in [2.75, 3.05) is 44.0 Å². The van der Waals surface area contributed by atoms with Crippen LogP contribution in [0.5, 0.6) is 0 Å². The molecule has 7 aromatic rings. The molecule has 0 aromatic heterocycles. The van der Waals surface area contributed by atoms with Crippen molar-refractivity contribution in [3.05, 3.63) is 189 Å². The van der Waals surface area contributed by atoms with E-state index in [1.54, 1.807) is 80.6 Å². The summed E-state index contributed by atoms with van der Waals surface area (Å²) in [5, 5.41) is 3.09. The summed E-state index contributed by atoms with van der Waals surface area (Å²) in [6.45, 7) is 3.16. The van der Waals surface area contributed by atoms with E-state index in [9.17, 15) is 47.9 Å². The summed E-state index contributed by atoms with van der Waals surface area (Å²) < 4.78 is 29.5. The number of anilines is 2. The molecule has 18 heteroatoms. The number of nitrogens with zero attached hydrogens (tertiary/aromatic N) is 2. The molecule has 4 amide bonds. The molecule has 0 aliphatic carbocycles. The smallest absolute Gasteiger partial charge is 0.341 e. The van der Waals surface area contributed by atoms with Gasteiger partial charge in [-0.3, -0.25) is 19.2 Å². The van der Waals surface area contributed by atoms with Gasteiger partial charge in [0.1, 0.15) is 0 Å². The highest BCUT2D eigenvalue weighted by atomic mass is 16.7. The van der Waals surface area contributed by atoms with Crippen LogP contribution in [0.15, 0.2) is 133 Å². The Morgan fingerprint density at radius 1 is 0.342 bits per heavy atom. The second-order valence-corrected chi connectivity index (χ2v) is 15.9. The van der Waals surface area contributed by atoms with Gasteiger partial charge >= 0.3 is 35.8 Å². The van der Waals surface area contributed by atoms with Crippen LogP contribution in [0.4, 0.5) is 11.4 Å². The minimum Gasteiger partial charge on any atom is -0.465 e. The first-order valence-corrected chi connectivity index (χ1v) is 22.2. The molecule has 0 saturated heterocycles. The predicted octanol–water partition coefficient (Wildman–Crippen LogP) is 8.18. The van der Waals surface area contributed by atoms with E-state index in [0.717, 1.165) is 20.6 Å². The average Bonchev–Trinajstić information content (AvgIpc) is 3.82. The molecule has 0 N–H and O–H groups in total. The highest BCUT2D eigenvalue weighted by Crippen LogP contribution is 2.34. The fourth-order valence-corrected chi connectivity index (χ4v) is 7.92. The number of benzene rings is 7. The average molecular weight is 985 g/mol. The highest BCUT2D eigenvalue weighted by molar-refractivity contribution is 6.36. The van der Waals surface area contributed by atoms with Gasteiger partial charge in [0.15, 0.2) is 0 Å². The van der Waals surface area contributed by atoms with Crippen molar-refractivity contribution in [2.45, 2.75) is 13.8 Å². The van der Waals surface area contributed by atoms with E-state index in [1.165, 1.54) is 80.9 Å². The lowest BCUT2D eigenvalue weighted by molar-refractivity contribution is -0.0168. The summed E-state index contributed by atoms with van der Waals surface area (Å²) in [6, 6.07) is 33.4. The van der Waals surface area contributed by atoms with E-state index in [0.29, 0.717) is 34.1 Å². The van der Waals surface area contributed by atoms with Crippen LogP contribution in [0.2, 0.25) is 0 Å². The number of imide groups is 2. The molecule has 2 aliphatic rings. The molecule has 0 bridgehead atoms. The number of fused-ring (bicyclic) bond motifs is 4. The van der Waals surface area contributed by atoms with Crippen LogP contribution in [0, 0.1) is 0 Å². The standard InChI is InChI=1S/C40H26N2O12.C15H14O4/c1-3-52-38(48)25-8-14-29-31(18-25)35(45)41(33(29)43)27-10-12-28(13-11-27)42-34(44)30-15-9-26(19-32(30)36(42)46)40(50)54-20-53-39(49)24-7-5-21-16-23(37(47)51-2)6-4-22(21)17-24;1-3-19-15(17)13-7-5-10-8-12(14(16)18-2)6-4-11(10)9-13/h4-19H,3,20H2,1-2H3;4-9H,3H2,1-2H3. The number of carbonyl (C=O) groups is 10. The molecule has 2 aliphatic heterocycles. The van der Waals surface area contributed by atoms with Crippen LogP contribution in [0.25, 0.3) is 21.5 Å². The zero-order valence-corrected chi connectivity index (χ0v) is 39.2. The quantitative estimate of drug-likeness (QED) is 0.0486. The van der Waals surface area contributed by atoms with Gasteiger partial charge in [-0.05, 0) is 145 Å². The first-order chi connectivity index (χ1) is 35.1. The molecule has 0 radical (unpaired) electrons. The number of hydrogen-bond acceptors (Lipinski definition) is 16. The predicted molar refractivity (Wildman–Crippen MR) is 260 cm³/mol. The van der Waals surface area contributed by atoms with Crippen molar-refractivity contribution in [1.82, 2.24) is 0 Å². The van der Waals surface area contributed by atoms with Gasteiger partial charge in [-0.1, -0.05) is 24.3 Å². The first kappa shape index (κ1) is 49.6. The number of carbonyl (C=O) groups excluding carboxylic acids is 10. The minimum atomic E-state index is -0.919. The molecular weight excluding hydrogens is 945 g/mol. The number of amides is 4. The molecule has 9 rings (SSSR count). The summed E-state index contributed by atoms with van der Waals surface area (Å²) in [6.07, 6.45) is 0. The molecule has 0 saturated carbocycles. The third kappa shape index (κ3) is 9.98. The largest absolute Gasteiger partial charge is 0.465 e. The Morgan fingerprint density at radius 2 is 0.616 bits per heavy atom. The Balaban J connectivity index is 0.000000314. The number of rotatable bonds is 12. The summed E-state index contributed by atoms with van der Waals surface area (Å²) >= 11 is 0. The number of ether oxygens (including phenoxy) is 6. The molecule has 2 heterocycles. The summed E-state index contributed by atoms with van der Waals surface area (Å²) in [5.74, 6) is -6.21. The van der Waals surface area contributed by atoms with Crippen molar-refractivity contribution in [2.24, 2.45) is 0 Å². The summed E-state index contributed by atoms with van der Waals surface area (Å²) in [4.78, 5) is 127. The van der Waals surface area contributed by atoms with E-state index < -0.39 is 54.3 Å². The van der Waals surface area contributed by atoms with Crippen LogP contribution >= 0.6 is 0 Å². The second kappa shape index (κ2) is 21.0. The van der Waals surface area contributed by atoms with Crippen molar-refractivity contribution in [1.29, 1.82) is 0 Å². The Hall–Kier alpha value is -9.84. The Kier molecular flexibility index (Phi) is 14.3. The molecule has 73 heavy (non-hydrogen) atoms. The lowest BCUT2D eigenvalue weighted by Crippen LogP contribution is -2.30. The van der Waals surface area contributed by atoms with Crippen LogP contribution in [-0.4, -0.2) is 93.7 Å². The SMILES string of the molecule is CCOC(=O)c1ccc2c(c1)C(=O)N(c1ccc(N3C(=O)c4ccc(C(=O)OCOC(=O)c5ccc6cc(C(=O)OC)ccc6c5)cc4C3=O)cc1)C2=O.CCOC(=O)c1ccc2cc(C(=O)OC)ccc2c1. The van der Waals surface area contributed by atoms with Gasteiger partial charge in [-0.25, -0.2) is 38.6 Å². The fraction of sp³-hybridized carbons (Fsp3) is 0.127. The lowest BCUT2D eigenvalue weighted by Gasteiger charge is -2.17. The van der Waals surface area contributed by atoms with Gasteiger partial charge in [0.2, 0.25) is 6.79 Å². The fourth-order valence-electron chi connectivity index (χ4n) is 7.92. The maximum atomic E-state index is 13.4. The van der Waals surface area contributed by atoms with Crippen molar-refractivity contribution in [3.8, 4) is 0 Å². The Morgan fingerprint density at radius 3 is 0.932 bits per heavy atom. The van der Waals surface area contributed by atoms with E-state index in [2.05, 4.69) is 4.74 Å². The summed E-state index contributed by atoms with van der Waals surface area (Å²) in [7, 11) is 2.62. The van der Waals surface area contributed by atoms with Crippen molar-refractivity contribution >= 4 is 92.4 Å². The monoisotopic (exact) mass is 984 g/mol. The van der Waals surface area contributed by atoms with Gasteiger partial charge in [-0.2, -0.15) is 0 Å².